The molecule has 0 unspecified atom stereocenters. The van der Waals surface area contributed by atoms with Gasteiger partial charge in [-0.1, -0.05) is 24.5 Å². The van der Waals surface area contributed by atoms with Crippen molar-refractivity contribution in [3.8, 4) is 0 Å². The van der Waals surface area contributed by atoms with Crippen molar-refractivity contribution >= 4 is 34.8 Å². The lowest BCUT2D eigenvalue weighted by atomic mass is 9.92. The summed E-state index contributed by atoms with van der Waals surface area (Å²) in [5, 5.41) is 0. The number of Topliss-reactive ketones (excluding diaryl/α,β-unsaturated/α-hetero) is 1. The lowest BCUT2D eigenvalue weighted by Crippen LogP contribution is -2.15. The smallest absolute Gasteiger partial charge is 0.229 e. The molecule has 1 aromatic rings. The van der Waals surface area contributed by atoms with E-state index >= 15 is 0 Å². The van der Waals surface area contributed by atoms with E-state index in [4.69, 9.17) is 7.85 Å². The average Bonchev–Trinajstić information content (AvgIpc) is 2.17. The molecular formula is C10H12BNO3S. The third kappa shape index (κ3) is 3.38. The Morgan fingerprint density at radius 2 is 2.06 bits per heavy atom. The van der Waals surface area contributed by atoms with Gasteiger partial charge in [-0.05, 0) is 6.07 Å². The number of ketones is 1. The predicted molar refractivity (Wildman–Crippen MR) is 64.9 cm³/mol. The maximum atomic E-state index is 11.6. The summed E-state index contributed by atoms with van der Waals surface area (Å²) >= 11 is 0. The van der Waals surface area contributed by atoms with Crippen LogP contribution in [0.5, 0.6) is 0 Å². The van der Waals surface area contributed by atoms with Gasteiger partial charge >= 0.3 is 0 Å². The molecule has 4 nitrogen and oxygen atoms in total. The standard InChI is InChI=1S/C10H12BNO3S/c1-3-10(13)8-6-7(11)4-5-9(8)12-16(2,14)15/h4-6,12H,3H2,1-2H3. The van der Waals surface area contributed by atoms with Crippen molar-refractivity contribution in [2.75, 3.05) is 11.0 Å². The molecule has 6 heteroatoms. The van der Waals surface area contributed by atoms with Gasteiger partial charge in [-0.2, -0.15) is 0 Å². The van der Waals surface area contributed by atoms with E-state index < -0.39 is 10.0 Å². The van der Waals surface area contributed by atoms with Crippen LogP contribution in [0.3, 0.4) is 0 Å². The van der Waals surface area contributed by atoms with E-state index in [0.717, 1.165) is 6.26 Å². The summed E-state index contributed by atoms with van der Waals surface area (Å²) in [6.07, 6.45) is 1.32. The molecule has 1 N–H and O–H groups in total. The molecule has 84 valence electrons. The molecule has 1 aromatic carbocycles. The topological polar surface area (TPSA) is 63.2 Å². The maximum absolute atomic E-state index is 11.6. The normalized spacial score (nSPS) is 11.1. The van der Waals surface area contributed by atoms with Crippen LogP contribution in [-0.4, -0.2) is 28.3 Å². The van der Waals surface area contributed by atoms with Gasteiger partial charge in [-0.3, -0.25) is 9.52 Å². The molecule has 0 fully saturated rings. The van der Waals surface area contributed by atoms with Gasteiger partial charge in [-0.25, -0.2) is 8.42 Å². The largest absolute Gasteiger partial charge is 0.294 e. The van der Waals surface area contributed by atoms with E-state index in [-0.39, 0.29) is 11.5 Å². The Morgan fingerprint density at radius 3 is 2.56 bits per heavy atom. The molecule has 0 aliphatic carbocycles. The maximum Gasteiger partial charge on any atom is 0.229 e. The van der Waals surface area contributed by atoms with Gasteiger partial charge in [0.25, 0.3) is 0 Å². The highest BCUT2D eigenvalue weighted by atomic mass is 32.2. The van der Waals surface area contributed by atoms with Crippen molar-refractivity contribution in [2.45, 2.75) is 13.3 Å². The highest BCUT2D eigenvalue weighted by molar-refractivity contribution is 7.92. The third-order valence-electron chi connectivity index (χ3n) is 1.96. The Balaban J connectivity index is 3.23. The Labute approximate surface area is 96.5 Å². The van der Waals surface area contributed by atoms with Crippen LogP contribution in [0.25, 0.3) is 0 Å². The molecule has 0 spiro atoms. The first kappa shape index (κ1) is 12.8. The van der Waals surface area contributed by atoms with Crippen LogP contribution in [0, 0.1) is 0 Å². The monoisotopic (exact) mass is 237 g/mol. The first-order valence-electron chi connectivity index (χ1n) is 4.74. The van der Waals surface area contributed by atoms with Gasteiger partial charge in [0.1, 0.15) is 7.85 Å². The van der Waals surface area contributed by atoms with Crippen molar-refractivity contribution in [1.82, 2.24) is 0 Å². The minimum atomic E-state index is -3.40. The fourth-order valence-corrected chi connectivity index (χ4v) is 1.85. The molecule has 16 heavy (non-hydrogen) atoms. The van der Waals surface area contributed by atoms with E-state index in [1.165, 1.54) is 12.1 Å². The SMILES string of the molecule is [B]c1ccc(NS(C)(=O)=O)c(C(=O)CC)c1. The molecule has 0 atom stereocenters. The number of hydrogen-bond donors (Lipinski definition) is 1. The number of hydrogen-bond acceptors (Lipinski definition) is 3. The number of sulfonamides is 1. The molecule has 0 saturated carbocycles. The quantitative estimate of drug-likeness (QED) is 0.610. The summed E-state index contributed by atoms with van der Waals surface area (Å²) in [5.41, 5.74) is 0.993. The summed E-state index contributed by atoms with van der Waals surface area (Å²) in [7, 11) is 2.16. The molecule has 0 aliphatic rings. The molecule has 1 rings (SSSR count). The Hall–Kier alpha value is -1.30. The minimum Gasteiger partial charge on any atom is -0.294 e. The number of benzene rings is 1. The summed E-state index contributed by atoms with van der Waals surface area (Å²) in [6, 6.07) is 4.50. The van der Waals surface area contributed by atoms with E-state index in [2.05, 4.69) is 4.72 Å². The van der Waals surface area contributed by atoms with Gasteiger partial charge in [-0.15, -0.1) is 0 Å². The fourth-order valence-electron chi connectivity index (χ4n) is 1.27. The predicted octanol–water partition coefficient (Wildman–Crippen LogP) is 0.445. The zero-order chi connectivity index (χ0) is 12.3. The zero-order valence-corrected chi connectivity index (χ0v) is 9.97. The Kier molecular flexibility index (Phi) is 3.75. The number of rotatable bonds is 4. The van der Waals surface area contributed by atoms with Gasteiger partial charge in [0.15, 0.2) is 5.78 Å². The average molecular weight is 237 g/mol. The molecule has 0 aromatic heterocycles. The molecule has 0 heterocycles. The van der Waals surface area contributed by atoms with E-state index in [9.17, 15) is 13.2 Å². The number of nitrogens with one attached hydrogen (secondary N) is 1. The summed E-state index contributed by atoms with van der Waals surface area (Å²) < 4.78 is 24.5. The summed E-state index contributed by atoms with van der Waals surface area (Å²) in [6.45, 7) is 1.70. The van der Waals surface area contributed by atoms with Crippen LogP contribution < -0.4 is 10.2 Å². The van der Waals surface area contributed by atoms with Crippen LogP contribution in [0.1, 0.15) is 23.7 Å². The van der Waals surface area contributed by atoms with Crippen LogP contribution in [0.15, 0.2) is 18.2 Å². The van der Waals surface area contributed by atoms with Crippen molar-refractivity contribution in [2.24, 2.45) is 0 Å². The highest BCUT2D eigenvalue weighted by Crippen LogP contribution is 2.16. The zero-order valence-electron chi connectivity index (χ0n) is 9.15. The van der Waals surface area contributed by atoms with Gasteiger partial charge in [0.2, 0.25) is 10.0 Å². The van der Waals surface area contributed by atoms with Gasteiger partial charge < -0.3 is 0 Å². The summed E-state index contributed by atoms with van der Waals surface area (Å²) in [4.78, 5) is 11.6. The third-order valence-corrected chi connectivity index (χ3v) is 2.55. The molecule has 0 aliphatic heterocycles. The second-order valence-corrected chi connectivity index (χ2v) is 5.20. The second kappa shape index (κ2) is 4.70. The first-order chi connectivity index (χ1) is 7.33. The molecule has 0 bridgehead atoms. The van der Waals surface area contributed by atoms with Crippen LogP contribution in [0.2, 0.25) is 0 Å². The highest BCUT2D eigenvalue weighted by Gasteiger charge is 2.12. The first-order valence-corrected chi connectivity index (χ1v) is 6.63. The van der Waals surface area contributed by atoms with E-state index in [1.54, 1.807) is 13.0 Å². The Bertz CT molecular complexity index is 511. The van der Waals surface area contributed by atoms with Crippen molar-refractivity contribution < 1.29 is 13.2 Å². The number of anilines is 1. The molecular weight excluding hydrogens is 225 g/mol. The second-order valence-electron chi connectivity index (χ2n) is 3.46. The van der Waals surface area contributed by atoms with Gasteiger partial charge in [0, 0.05) is 12.0 Å². The molecule has 0 saturated heterocycles. The fraction of sp³-hybridized carbons (Fsp3) is 0.300. The minimum absolute atomic E-state index is 0.154. The van der Waals surface area contributed by atoms with E-state index in [0.29, 0.717) is 17.4 Å². The van der Waals surface area contributed by atoms with Crippen LogP contribution in [-0.2, 0) is 10.0 Å². The summed E-state index contributed by atoms with van der Waals surface area (Å²) in [5.74, 6) is -0.154. The van der Waals surface area contributed by atoms with Gasteiger partial charge in [0.05, 0.1) is 11.9 Å². The molecule has 2 radical (unpaired) electrons. The van der Waals surface area contributed by atoms with Crippen LogP contribution in [0.4, 0.5) is 5.69 Å². The van der Waals surface area contributed by atoms with Crippen molar-refractivity contribution in [3.63, 3.8) is 0 Å². The van der Waals surface area contributed by atoms with Crippen molar-refractivity contribution in [3.05, 3.63) is 23.8 Å². The lowest BCUT2D eigenvalue weighted by Gasteiger charge is -2.10. The number of carbonyl (C=O) groups excluding carboxylic acids is 1. The Morgan fingerprint density at radius 1 is 1.44 bits per heavy atom. The van der Waals surface area contributed by atoms with Crippen LogP contribution >= 0.6 is 0 Å². The number of carbonyl (C=O) groups is 1. The van der Waals surface area contributed by atoms with E-state index in [1.807, 2.05) is 0 Å². The lowest BCUT2D eigenvalue weighted by molar-refractivity contribution is 0.0989. The van der Waals surface area contributed by atoms with Crippen molar-refractivity contribution in [1.29, 1.82) is 0 Å². The molecule has 0 amide bonds.